The van der Waals surface area contributed by atoms with E-state index in [2.05, 4.69) is 10.3 Å². The molecule has 0 aliphatic heterocycles. The Hall–Kier alpha value is -2.96. The van der Waals surface area contributed by atoms with Gasteiger partial charge in [0.05, 0.1) is 10.5 Å². The molecule has 0 saturated carbocycles. The summed E-state index contributed by atoms with van der Waals surface area (Å²) in [6.07, 6.45) is 1.02. The molecule has 0 bridgehead atoms. The summed E-state index contributed by atoms with van der Waals surface area (Å²) >= 11 is 0. The molecule has 1 aromatic carbocycles. The summed E-state index contributed by atoms with van der Waals surface area (Å²) in [5.41, 5.74) is 7.76. The first-order chi connectivity index (χ1) is 9.90. The normalized spacial score (nSPS) is 10.2. The average Bonchev–Trinajstić information content (AvgIpc) is 2.43. The number of aromatic nitrogens is 1. The number of carbonyl (C=O) groups is 1. The zero-order chi connectivity index (χ0) is 15.6. The molecule has 1 amide bonds. The van der Waals surface area contributed by atoms with Crippen LogP contribution in [0.2, 0.25) is 0 Å². The molecule has 0 spiro atoms. The largest absolute Gasteiger partial charge is 0.383 e. The Balaban J connectivity index is 2.37. The van der Waals surface area contributed by atoms with Crippen molar-refractivity contribution in [1.29, 1.82) is 0 Å². The fourth-order valence-corrected chi connectivity index (χ4v) is 1.94. The number of nitro groups is 1. The molecule has 1 aromatic heterocycles. The number of hydrogen-bond acceptors (Lipinski definition) is 5. The van der Waals surface area contributed by atoms with Gasteiger partial charge in [-0.1, -0.05) is 18.2 Å². The van der Waals surface area contributed by atoms with Crippen LogP contribution in [0.4, 0.5) is 17.2 Å². The second-order valence-electron chi connectivity index (χ2n) is 4.60. The van der Waals surface area contributed by atoms with Crippen molar-refractivity contribution in [1.82, 2.24) is 4.98 Å². The van der Waals surface area contributed by atoms with Gasteiger partial charge in [0.25, 0.3) is 11.6 Å². The van der Waals surface area contributed by atoms with Crippen molar-refractivity contribution < 1.29 is 9.72 Å². The number of nitrogens with two attached hydrogens (primary N) is 1. The van der Waals surface area contributed by atoms with E-state index in [4.69, 9.17) is 5.73 Å². The minimum Gasteiger partial charge on any atom is -0.383 e. The molecule has 108 valence electrons. The van der Waals surface area contributed by atoms with Gasteiger partial charge in [0, 0.05) is 11.8 Å². The van der Waals surface area contributed by atoms with Crippen LogP contribution in [0.25, 0.3) is 0 Å². The molecule has 1 heterocycles. The van der Waals surface area contributed by atoms with Crippen LogP contribution in [0, 0.1) is 24.0 Å². The smallest absolute Gasteiger partial charge is 0.288 e. The Labute approximate surface area is 121 Å². The summed E-state index contributed by atoms with van der Waals surface area (Å²) in [6.45, 7) is 3.72. The number of hydrogen-bond donors (Lipinski definition) is 2. The fourth-order valence-electron chi connectivity index (χ4n) is 1.94. The van der Waals surface area contributed by atoms with E-state index in [1.165, 1.54) is 0 Å². The van der Waals surface area contributed by atoms with E-state index in [1.54, 1.807) is 0 Å². The van der Waals surface area contributed by atoms with Crippen molar-refractivity contribution >= 4 is 23.1 Å². The maximum atomic E-state index is 12.3. The zero-order valence-electron chi connectivity index (χ0n) is 11.6. The van der Waals surface area contributed by atoms with Crippen LogP contribution < -0.4 is 11.1 Å². The van der Waals surface area contributed by atoms with Gasteiger partial charge < -0.3 is 11.1 Å². The standard InChI is InChI=1S/C14H14N4O3/c1-8-4-3-5-9(2)12(8)17-14(19)11-6-10(18(20)21)7-16-13(11)15/h3-7H,1-2H3,(H2,15,16)(H,17,19). The molecule has 0 unspecified atom stereocenters. The number of nitrogens with one attached hydrogen (secondary N) is 1. The molecule has 0 atom stereocenters. The number of carbonyl (C=O) groups excluding carboxylic acids is 1. The maximum Gasteiger partial charge on any atom is 0.288 e. The summed E-state index contributed by atoms with van der Waals surface area (Å²) in [4.78, 5) is 26.1. The van der Waals surface area contributed by atoms with E-state index >= 15 is 0 Å². The van der Waals surface area contributed by atoms with Gasteiger partial charge in [-0.05, 0) is 25.0 Å². The van der Waals surface area contributed by atoms with E-state index in [1.807, 2.05) is 32.0 Å². The summed E-state index contributed by atoms with van der Waals surface area (Å²) in [7, 11) is 0. The van der Waals surface area contributed by atoms with Crippen LogP contribution in [-0.4, -0.2) is 15.8 Å². The van der Waals surface area contributed by atoms with Gasteiger partial charge in [-0.25, -0.2) is 4.98 Å². The third-order valence-corrected chi connectivity index (χ3v) is 3.08. The molecule has 7 nitrogen and oxygen atoms in total. The van der Waals surface area contributed by atoms with E-state index in [0.717, 1.165) is 23.4 Å². The lowest BCUT2D eigenvalue weighted by Crippen LogP contribution is -2.16. The number of amides is 1. The van der Waals surface area contributed by atoms with Crippen molar-refractivity contribution in [3.05, 3.63) is 57.3 Å². The number of rotatable bonds is 3. The fraction of sp³-hybridized carbons (Fsp3) is 0.143. The Morgan fingerprint density at radius 3 is 2.52 bits per heavy atom. The molecule has 7 heteroatoms. The highest BCUT2D eigenvalue weighted by Crippen LogP contribution is 2.22. The molecule has 2 rings (SSSR count). The second-order valence-corrected chi connectivity index (χ2v) is 4.60. The van der Waals surface area contributed by atoms with Gasteiger partial charge in [0.1, 0.15) is 12.0 Å². The number of aryl methyl sites for hydroxylation is 2. The quantitative estimate of drug-likeness (QED) is 0.665. The number of nitrogens with zero attached hydrogens (tertiary/aromatic N) is 2. The number of anilines is 2. The highest BCUT2D eigenvalue weighted by Gasteiger charge is 2.17. The van der Waals surface area contributed by atoms with E-state index in [-0.39, 0.29) is 17.1 Å². The van der Waals surface area contributed by atoms with Crippen molar-refractivity contribution in [2.75, 3.05) is 11.1 Å². The van der Waals surface area contributed by atoms with Crippen LogP contribution in [0.5, 0.6) is 0 Å². The highest BCUT2D eigenvalue weighted by atomic mass is 16.6. The van der Waals surface area contributed by atoms with E-state index in [0.29, 0.717) is 5.69 Å². The van der Waals surface area contributed by atoms with Crippen LogP contribution in [-0.2, 0) is 0 Å². The minimum atomic E-state index is -0.623. The summed E-state index contributed by atoms with van der Waals surface area (Å²) in [5.74, 6) is -0.578. The Morgan fingerprint density at radius 1 is 1.33 bits per heavy atom. The molecule has 0 radical (unpaired) electrons. The molecule has 2 aromatic rings. The molecular weight excluding hydrogens is 272 g/mol. The van der Waals surface area contributed by atoms with Crippen LogP contribution >= 0.6 is 0 Å². The highest BCUT2D eigenvalue weighted by molar-refractivity contribution is 6.08. The van der Waals surface area contributed by atoms with Gasteiger partial charge in [-0.2, -0.15) is 0 Å². The molecule has 0 aliphatic carbocycles. The van der Waals surface area contributed by atoms with Crippen LogP contribution in [0.1, 0.15) is 21.5 Å². The van der Waals surface area contributed by atoms with Gasteiger partial charge >= 0.3 is 0 Å². The van der Waals surface area contributed by atoms with E-state index in [9.17, 15) is 14.9 Å². The predicted octanol–water partition coefficient (Wildman–Crippen LogP) is 2.44. The number of para-hydroxylation sites is 1. The Bertz CT molecular complexity index is 708. The zero-order valence-corrected chi connectivity index (χ0v) is 11.6. The van der Waals surface area contributed by atoms with Crippen LogP contribution in [0.3, 0.4) is 0 Å². The first kappa shape index (κ1) is 14.4. The molecule has 21 heavy (non-hydrogen) atoms. The second kappa shape index (κ2) is 5.58. The molecule has 0 saturated heterocycles. The summed E-state index contributed by atoms with van der Waals surface area (Å²) in [6, 6.07) is 6.71. The summed E-state index contributed by atoms with van der Waals surface area (Å²) in [5, 5.41) is 13.5. The monoisotopic (exact) mass is 286 g/mol. The van der Waals surface area contributed by atoms with Gasteiger partial charge in [-0.3, -0.25) is 14.9 Å². The number of pyridine rings is 1. The number of benzene rings is 1. The van der Waals surface area contributed by atoms with Crippen LogP contribution in [0.15, 0.2) is 30.5 Å². The third kappa shape index (κ3) is 2.97. The van der Waals surface area contributed by atoms with E-state index < -0.39 is 10.8 Å². The van der Waals surface area contributed by atoms with Crippen molar-refractivity contribution in [3.63, 3.8) is 0 Å². The Kier molecular flexibility index (Phi) is 3.84. The maximum absolute atomic E-state index is 12.3. The third-order valence-electron chi connectivity index (χ3n) is 3.08. The van der Waals surface area contributed by atoms with Crippen molar-refractivity contribution in [2.45, 2.75) is 13.8 Å². The molecule has 3 N–H and O–H groups in total. The Morgan fingerprint density at radius 2 is 1.95 bits per heavy atom. The van der Waals surface area contributed by atoms with Gasteiger partial charge in [-0.15, -0.1) is 0 Å². The van der Waals surface area contributed by atoms with Crippen molar-refractivity contribution in [2.24, 2.45) is 0 Å². The van der Waals surface area contributed by atoms with Crippen molar-refractivity contribution in [3.8, 4) is 0 Å². The molecule has 0 aliphatic rings. The predicted molar refractivity (Wildman–Crippen MR) is 79.2 cm³/mol. The molecule has 0 fully saturated rings. The van der Waals surface area contributed by atoms with Gasteiger partial charge in [0.15, 0.2) is 0 Å². The SMILES string of the molecule is Cc1cccc(C)c1NC(=O)c1cc([N+](=O)[O-])cnc1N. The first-order valence-corrected chi connectivity index (χ1v) is 6.17. The lowest BCUT2D eigenvalue weighted by atomic mass is 10.1. The minimum absolute atomic E-state index is 0.0214. The lowest BCUT2D eigenvalue weighted by molar-refractivity contribution is -0.385. The topological polar surface area (TPSA) is 111 Å². The van der Waals surface area contributed by atoms with Gasteiger partial charge in [0.2, 0.25) is 0 Å². The summed E-state index contributed by atoms with van der Waals surface area (Å²) < 4.78 is 0. The average molecular weight is 286 g/mol. The first-order valence-electron chi connectivity index (χ1n) is 6.17. The lowest BCUT2D eigenvalue weighted by Gasteiger charge is -2.12. The number of nitrogen functional groups attached to an aromatic ring is 1. The molecular formula is C14H14N4O3.